The van der Waals surface area contributed by atoms with E-state index in [0.717, 1.165) is 25.3 Å². The Kier molecular flexibility index (Phi) is 5.06. The van der Waals surface area contributed by atoms with Gasteiger partial charge in [-0.3, -0.25) is 9.59 Å². The molecule has 4 heteroatoms. The maximum absolute atomic E-state index is 12.2. The molecule has 0 saturated heterocycles. The van der Waals surface area contributed by atoms with Gasteiger partial charge >= 0.3 is 5.97 Å². The molecule has 0 bridgehead atoms. The number of rotatable bonds is 6. The largest absolute Gasteiger partial charge is 0.481 e. The van der Waals surface area contributed by atoms with Crippen molar-refractivity contribution < 1.29 is 14.7 Å². The monoisotopic (exact) mass is 281 g/mol. The van der Waals surface area contributed by atoms with Gasteiger partial charge in [0.1, 0.15) is 0 Å². The molecule has 2 aliphatic rings. The lowest BCUT2D eigenvalue weighted by Crippen LogP contribution is -2.43. The molecule has 0 spiro atoms. The summed E-state index contributed by atoms with van der Waals surface area (Å²) < 4.78 is 0. The lowest BCUT2D eigenvalue weighted by Gasteiger charge is -2.38. The summed E-state index contributed by atoms with van der Waals surface area (Å²) in [5.74, 6) is -0.0307. The number of hydrogen-bond acceptors (Lipinski definition) is 2. The third-order valence-corrected chi connectivity index (χ3v) is 5.28. The van der Waals surface area contributed by atoms with Crippen LogP contribution < -0.4 is 0 Å². The molecule has 0 aromatic rings. The predicted molar refractivity (Wildman–Crippen MR) is 77.4 cm³/mol. The van der Waals surface area contributed by atoms with Gasteiger partial charge in [-0.15, -0.1) is 0 Å². The summed E-state index contributed by atoms with van der Waals surface area (Å²) in [7, 11) is 1.82. The maximum Gasteiger partial charge on any atom is 0.310 e. The quantitative estimate of drug-likeness (QED) is 0.814. The molecular weight excluding hydrogens is 254 g/mol. The van der Waals surface area contributed by atoms with Gasteiger partial charge in [0.15, 0.2) is 0 Å². The van der Waals surface area contributed by atoms with Gasteiger partial charge in [-0.25, -0.2) is 0 Å². The fraction of sp³-hybridized carbons (Fsp3) is 0.875. The molecule has 1 amide bonds. The topological polar surface area (TPSA) is 57.6 Å². The molecule has 0 radical (unpaired) electrons. The van der Waals surface area contributed by atoms with Crippen molar-refractivity contribution in [3.63, 3.8) is 0 Å². The maximum atomic E-state index is 12.2. The van der Waals surface area contributed by atoms with Crippen LogP contribution in [-0.4, -0.2) is 35.5 Å². The molecule has 0 atom stereocenters. The van der Waals surface area contributed by atoms with Crippen LogP contribution in [-0.2, 0) is 9.59 Å². The summed E-state index contributed by atoms with van der Waals surface area (Å²) in [6, 6.07) is 0. The van der Waals surface area contributed by atoms with Crippen molar-refractivity contribution in [2.24, 2.45) is 11.3 Å². The van der Waals surface area contributed by atoms with Gasteiger partial charge in [0.2, 0.25) is 5.91 Å². The van der Waals surface area contributed by atoms with Crippen LogP contribution in [0.15, 0.2) is 0 Å². The van der Waals surface area contributed by atoms with E-state index in [1.54, 1.807) is 4.90 Å². The van der Waals surface area contributed by atoms with Crippen LogP contribution in [0.2, 0.25) is 0 Å². The second-order valence-corrected chi connectivity index (χ2v) is 6.72. The number of carbonyl (C=O) groups excluding carboxylic acids is 1. The Morgan fingerprint density at radius 3 is 2.30 bits per heavy atom. The van der Waals surface area contributed by atoms with E-state index in [-0.39, 0.29) is 12.3 Å². The third kappa shape index (κ3) is 3.53. The van der Waals surface area contributed by atoms with Crippen LogP contribution in [0.3, 0.4) is 0 Å². The van der Waals surface area contributed by atoms with Crippen molar-refractivity contribution in [2.45, 2.75) is 64.2 Å². The Morgan fingerprint density at radius 2 is 1.80 bits per heavy atom. The molecule has 2 aliphatic carbocycles. The van der Waals surface area contributed by atoms with Crippen molar-refractivity contribution in [1.82, 2.24) is 4.90 Å². The normalized spacial score (nSPS) is 22.1. The Morgan fingerprint density at radius 1 is 1.15 bits per heavy atom. The zero-order valence-corrected chi connectivity index (χ0v) is 12.6. The number of hydrogen-bond donors (Lipinski definition) is 1. The summed E-state index contributed by atoms with van der Waals surface area (Å²) in [5, 5.41) is 9.28. The summed E-state index contributed by atoms with van der Waals surface area (Å²) in [5.41, 5.74) is -0.754. The SMILES string of the molecule is CN(CCC1CCCCC1)C(=O)CC1(C(=O)O)CCC1. The van der Waals surface area contributed by atoms with Crippen molar-refractivity contribution in [2.75, 3.05) is 13.6 Å². The van der Waals surface area contributed by atoms with E-state index in [9.17, 15) is 14.7 Å². The van der Waals surface area contributed by atoms with Gasteiger partial charge in [0, 0.05) is 20.0 Å². The van der Waals surface area contributed by atoms with E-state index in [1.807, 2.05) is 7.05 Å². The molecule has 0 aromatic heterocycles. The molecule has 0 aliphatic heterocycles. The molecule has 2 rings (SSSR count). The van der Waals surface area contributed by atoms with E-state index >= 15 is 0 Å². The van der Waals surface area contributed by atoms with Gasteiger partial charge < -0.3 is 10.0 Å². The summed E-state index contributed by atoms with van der Waals surface area (Å²) in [6.45, 7) is 0.777. The zero-order chi connectivity index (χ0) is 14.6. The molecule has 114 valence electrons. The highest BCUT2D eigenvalue weighted by Crippen LogP contribution is 2.44. The number of aliphatic carboxylic acids is 1. The fourth-order valence-electron chi connectivity index (χ4n) is 3.47. The number of carboxylic acid groups (broad SMARTS) is 1. The van der Waals surface area contributed by atoms with Crippen LogP contribution in [0.4, 0.5) is 0 Å². The van der Waals surface area contributed by atoms with Gasteiger partial charge in [-0.1, -0.05) is 38.5 Å². The van der Waals surface area contributed by atoms with E-state index in [0.29, 0.717) is 12.8 Å². The van der Waals surface area contributed by atoms with E-state index < -0.39 is 11.4 Å². The third-order valence-electron chi connectivity index (χ3n) is 5.28. The highest BCUT2D eigenvalue weighted by Gasteiger charge is 2.46. The average molecular weight is 281 g/mol. The van der Waals surface area contributed by atoms with Gasteiger partial charge in [0.25, 0.3) is 0 Å². The number of amides is 1. The lowest BCUT2D eigenvalue weighted by molar-refractivity contribution is -0.159. The Labute approximate surface area is 121 Å². The Balaban J connectivity index is 1.75. The molecule has 2 saturated carbocycles. The first kappa shape index (κ1) is 15.3. The van der Waals surface area contributed by atoms with Crippen molar-refractivity contribution in [1.29, 1.82) is 0 Å². The van der Waals surface area contributed by atoms with Crippen LogP contribution >= 0.6 is 0 Å². The van der Waals surface area contributed by atoms with Crippen LogP contribution in [0.1, 0.15) is 64.2 Å². The first-order valence-electron chi connectivity index (χ1n) is 8.01. The highest BCUT2D eigenvalue weighted by atomic mass is 16.4. The first-order chi connectivity index (χ1) is 9.53. The first-order valence-corrected chi connectivity index (χ1v) is 8.01. The van der Waals surface area contributed by atoms with Crippen molar-refractivity contribution in [3.05, 3.63) is 0 Å². The molecule has 0 unspecified atom stereocenters. The Bertz CT molecular complexity index is 357. The van der Waals surface area contributed by atoms with E-state index in [4.69, 9.17) is 0 Å². The second kappa shape index (κ2) is 6.59. The van der Waals surface area contributed by atoms with Crippen molar-refractivity contribution in [3.8, 4) is 0 Å². The smallest absolute Gasteiger partial charge is 0.310 e. The average Bonchev–Trinajstić information content (AvgIpc) is 2.40. The molecule has 2 fully saturated rings. The molecule has 0 heterocycles. The Hall–Kier alpha value is -1.06. The molecule has 1 N–H and O–H groups in total. The molecule has 0 aromatic carbocycles. The minimum Gasteiger partial charge on any atom is -0.481 e. The van der Waals surface area contributed by atoms with Gasteiger partial charge in [0.05, 0.1) is 5.41 Å². The summed E-state index contributed by atoms with van der Waals surface area (Å²) in [4.78, 5) is 25.2. The number of carbonyl (C=O) groups is 2. The van der Waals surface area contributed by atoms with Gasteiger partial charge in [-0.05, 0) is 25.2 Å². The lowest BCUT2D eigenvalue weighted by atomic mass is 9.66. The summed E-state index contributed by atoms with van der Waals surface area (Å²) >= 11 is 0. The van der Waals surface area contributed by atoms with Crippen LogP contribution in [0.25, 0.3) is 0 Å². The highest BCUT2D eigenvalue weighted by molar-refractivity contribution is 5.85. The minimum atomic E-state index is -0.794. The predicted octanol–water partition coefficient (Wildman–Crippen LogP) is 3.06. The summed E-state index contributed by atoms with van der Waals surface area (Å²) in [6.07, 6.45) is 10.1. The second-order valence-electron chi connectivity index (χ2n) is 6.72. The van der Waals surface area contributed by atoms with E-state index in [2.05, 4.69) is 0 Å². The zero-order valence-electron chi connectivity index (χ0n) is 12.6. The fourth-order valence-corrected chi connectivity index (χ4v) is 3.47. The number of nitrogens with zero attached hydrogens (tertiary/aromatic N) is 1. The standard InChI is InChI=1S/C16H27NO3/c1-17(11-8-13-6-3-2-4-7-13)14(18)12-16(15(19)20)9-5-10-16/h13H,2-12H2,1H3,(H,19,20). The minimum absolute atomic E-state index is 0.00269. The molecule has 4 nitrogen and oxygen atoms in total. The van der Waals surface area contributed by atoms with Crippen molar-refractivity contribution >= 4 is 11.9 Å². The molecular formula is C16H27NO3. The van der Waals surface area contributed by atoms with E-state index in [1.165, 1.54) is 32.1 Å². The van der Waals surface area contributed by atoms with Gasteiger partial charge in [-0.2, -0.15) is 0 Å². The number of carboxylic acids is 1. The van der Waals surface area contributed by atoms with Crippen LogP contribution in [0, 0.1) is 11.3 Å². The molecule has 20 heavy (non-hydrogen) atoms. The van der Waals surface area contributed by atoms with Crippen LogP contribution in [0.5, 0.6) is 0 Å².